The molecule has 1 saturated heterocycles. The highest BCUT2D eigenvalue weighted by Gasteiger charge is 2.57. The van der Waals surface area contributed by atoms with Gasteiger partial charge in [-0.05, 0) is 36.8 Å². The second-order valence-corrected chi connectivity index (χ2v) is 8.62. The molecule has 176 valence electrons. The number of nitrogens with zero attached hydrogens (tertiary/aromatic N) is 2. The predicted octanol–water partition coefficient (Wildman–Crippen LogP) is 4.18. The maximum atomic E-state index is 13.0. The first-order valence-electron chi connectivity index (χ1n) is 11.2. The van der Waals surface area contributed by atoms with Crippen LogP contribution in [0.5, 0.6) is 11.5 Å². The molecule has 1 aromatic heterocycles. The SMILES string of the molecule is C=CCNC(=O)C(C)c1ccc(OC2CCN(c3ccc(OCC4CC4(F)F)cn3)C2)cc1. The van der Waals surface area contributed by atoms with Crippen molar-refractivity contribution < 1.29 is 23.0 Å². The molecule has 1 saturated carbocycles. The molecular formula is C25H29F2N3O3. The second kappa shape index (κ2) is 9.77. The minimum Gasteiger partial charge on any atom is -0.491 e. The van der Waals surface area contributed by atoms with Crippen LogP contribution in [-0.2, 0) is 4.79 Å². The molecule has 2 aliphatic rings. The number of nitrogens with one attached hydrogen (secondary N) is 1. The summed E-state index contributed by atoms with van der Waals surface area (Å²) >= 11 is 0. The third-order valence-electron chi connectivity index (χ3n) is 6.09. The minimum atomic E-state index is -2.57. The summed E-state index contributed by atoms with van der Waals surface area (Å²) in [6.45, 7) is 7.45. The number of carbonyl (C=O) groups is 1. The molecule has 1 N–H and O–H groups in total. The highest BCUT2D eigenvalue weighted by Crippen LogP contribution is 2.48. The van der Waals surface area contributed by atoms with Crippen LogP contribution in [0.3, 0.4) is 0 Å². The summed E-state index contributed by atoms with van der Waals surface area (Å²) in [5.41, 5.74) is 0.925. The molecule has 2 fully saturated rings. The first-order chi connectivity index (χ1) is 15.9. The van der Waals surface area contributed by atoms with Crippen molar-refractivity contribution in [3.05, 3.63) is 60.8 Å². The summed E-state index contributed by atoms with van der Waals surface area (Å²) in [4.78, 5) is 18.7. The molecule has 3 unspecified atom stereocenters. The van der Waals surface area contributed by atoms with Crippen molar-refractivity contribution in [2.75, 3.05) is 31.1 Å². The molecule has 6 nitrogen and oxygen atoms in total. The van der Waals surface area contributed by atoms with Crippen LogP contribution in [0.2, 0.25) is 0 Å². The van der Waals surface area contributed by atoms with E-state index in [-0.39, 0.29) is 31.0 Å². The highest BCUT2D eigenvalue weighted by molar-refractivity contribution is 5.83. The van der Waals surface area contributed by atoms with Crippen LogP contribution in [0.1, 0.15) is 31.2 Å². The van der Waals surface area contributed by atoms with E-state index in [0.29, 0.717) is 18.8 Å². The van der Waals surface area contributed by atoms with Gasteiger partial charge in [0.15, 0.2) is 0 Å². The summed E-state index contributed by atoms with van der Waals surface area (Å²) in [5.74, 6) is -1.47. The molecule has 8 heteroatoms. The number of amides is 1. The third-order valence-corrected chi connectivity index (χ3v) is 6.09. The van der Waals surface area contributed by atoms with Crippen LogP contribution >= 0.6 is 0 Å². The number of halogens is 2. The van der Waals surface area contributed by atoms with E-state index >= 15 is 0 Å². The standard InChI is InChI=1S/C25H29F2N3O3/c1-3-11-28-24(31)17(2)18-4-6-20(7-5-18)33-22-10-12-30(15-22)23-9-8-21(14-29-23)32-16-19-13-25(19,26)27/h3-9,14,17,19,22H,1,10-13,15-16H2,2H3,(H,28,31). The summed E-state index contributed by atoms with van der Waals surface area (Å²) in [6, 6.07) is 11.2. The van der Waals surface area contributed by atoms with E-state index in [1.165, 1.54) is 0 Å². The van der Waals surface area contributed by atoms with Gasteiger partial charge >= 0.3 is 0 Å². The van der Waals surface area contributed by atoms with E-state index in [4.69, 9.17) is 9.47 Å². The zero-order chi connectivity index (χ0) is 23.4. The summed E-state index contributed by atoms with van der Waals surface area (Å²) in [6.07, 6.45) is 4.02. The maximum Gasteiger partial charge on any atom is 0.255 e. The van der Waals surface area contributed by atoms with Crippen LogP contribution in [0.4, 0.5) is 14.6 Å². The Balaban J connectivity index is 1.25. The Morgan fingerprint density at radius 3 is 2.67 bits per heavy atom. The van der Waals surface area contributed by atoms with Crippen LogP contribution in [0, 0.1) is 5.92 Å². The normalized spacial score (nSPS) is 21.8. The molecular weight excluding hydrogens is 428 g/mol. The maximum absolute atomic E-state index is 13.0. The van der Waals surface area contributed by atoms with Gasteiger partial charge in [0.2, 0.25) is 5.91 Å². The van der Waals surface area contributed by atoms with E-state index < -0.39 is 11.8 Å². The number of ether oxygens (including phenoxy) is 2. The highest BCUT2D eigenvalue weighted by atomic mass is 19.3. The molecule has 4 rings (SSSR count). The Morgan fingerprint density at radius 2 is 2.03 bits per heavy atom. The van der Waals surface area contributed by atoms with Crippen molar-refractivity contribution >= 4 is 11.7 Å². The van der Waals surface area contributed by atoms with Gasteiger partial charge in [0.05, 0.1) is 31.2 Å². The lowest BCUT2D eigenvalue weighted by Gasteiger charge is -2.19. The molecule has 3 atom stereocenters. The van der Waals surface area contributed by atoms with E-state index in [9.17, 15) is 13.6 Å². The average molecular weight is 458 g/mol. The number of carbonyl (C=O) groups excluding carboxylic acids is 1. The largest absolute Gasteiger partial charge is 0.491 e. The number of alkyl halides is 2. The van der Waals surface area contributed by atoms with Crippen LogP contribution in [0.15, 0.2) is 55.3 Å². The van der Waals surface area contributed by atoms with Gasteiger partial charge in [0, 0.05) is 25.9 Å². The molecule has 2 heterocycles. The Labute approximate surface area is 192 Å². The third kappa shape index (κ3) is 5.80. The Kier molecular flexibility index (Phi) is 6.81. The summed E-state index contributed by atoms with van der Waals surface area (Å²) in [7, 11) is 0. The zero-order valence-electron chi connectivity index (χ0n) is 18.7. The topological polar surface area (TPSA) is 63.7 Å². The first-order valence-corrected chi connectivity index (χ1v) is 11.2. The quantitative estimate of drug-likeness (QED) is 0.543. The number of rotatable bonds is 10. The van der Waals surface area contributed by atoms with E-state index in [1.54, 1.807) is 18.3 Å². The van der Waals surface area contributed by atoms with Gasteiger partial charge < -0.3 is 19.7 Å². The molecule has 0 radical (unpaired) electrons. The van der Waals surface area contributed by atoms with Crippen LogP contribution in [-0.4, -0.2) is 49.2 Å². The van der Waals surface area contributed by atoms with Crippen molar-refractivity contribution in [3.8, 4) is 11.5 Å². The van der Waals surface area contributed by atoms with Gasteiger partial charge in [-0.2, -0.15) is 0 Å². The number of aromatic nitrogens is 1. The molecule has 0 spiro atoms. The van der Waals surface area contributed by atoms with Gasteiger partial charge in [0.1, 0.15) is 23.4 Å². The van der Waals surface area contributed by atoms with Crippen LogP contribution < -0.4 is 19.7 Å². The Hall–Kier alpha value is -3.16. The number of hydrogen-bond acceptors (Lipinski definition) is 5. The predicted molar refractivity (Wildman–Crippen MR) is 122 cm³/mol. The Bertz CT molecular complexity index is 966. The van der Waals surface area contributed by atoms with Gasteiger partial charge in [0.25, 0.3) is 5.92 Å². The lowest BCUT2D eigenvalue weighted by atomic mass is 10.0. The summed E-state index contributed by atoms with van der Waals surface area (Å²) < 4.78 is 37.5. The van der Waals surface area contributed by atoms with Crippen LogP contribution in [0.25, 0.3) is 0 Å². The smallest absolute Gasteiger partial charge is 0.255 e. The fraction of sp³-hybridized carbons (Fsp3) is 0.440. The zero-order valence-corrected chi connectivity index (χ0v) is 18.7. The lowest BCUT2D eigenvalue weighted by molar-refractivity contribution is -0.122. The number of anilines is 1. The summed E-state index contributed by atoms with van der Waals surface area (Å²) in [5, 5.41) is 2.81. The van der Waals surface area contributed by atoms with Crippen molar-refractivity contribution in [1.29, 1.82) is 0 Å². The molecule has 2 aromatic rings. The lowest BCUT2D eigenvalue weighted by Crippen LogP contribution is -2.28. The molecule has 1 aliphatic carbocycles. The molecule has 1 aliphatic heterocycles. The van der Waals surface area contributed by atoms with E-state index in [1.807, 2.05) is 37.3 Å². The molecule has 0 bridgehead atoms. The van der Waals surface area contributed by atoms with E-state index in [0.717, 1.165) is 30.1 Å². The fourth-order valence-electron chi connectivity index (χ4n) is 3.83. The molecule has 33 heavy (non-hydrogen) atoms. The van der Waals surface area contributed by atoms with Gasteiger partial charge in [-0.15, -0.1) is 6.58 Å². The Morgan fingerprint density at radius 1 is 1.30 bits per heavy atom. The molecule has 1 amide bonds. The number of benzene rings is 1. The average Bonchev–Trinajstić information content (AvgIpc) is 3.19. The van der Waals surface area contributed by atoms with Crippen molar-refractivity contribution in [2.45, 2.75) is 37.7 Å². The first kappa shape index (κ1) is 23.0. The number of pyridine rings is 1. The van der Waals surface area contributed by atoms with Crippen molar-refractivity contribution in [3.63, 3.8) is 0 Å². The van der Waals surface area contributed by atoms with Gasteiger partial charge in [-0.1, -0.05) is 18.2 Å². The van der Waals surface area contributed by atoms with Gasteiger partial charge in [-0.25, -0.2) is 13.8 Å². The van der Waals surface area contributed by atoms with Gasteiger partial charge in [-0.3, -0.25) is 4.79 Å². The van der Waals surface area contributed by atoms with Crippen molar-refractivity contribution in [2.24, 2.45) is 5.92 Å². The monoisotopic (exact) mass is 457 g/mol. The van der Waals surface area contributed by atoms with E-state index in [2.05, 4.69) is 21.8 Å². The number of hydrogen-bond donors (Lipinski definition) is 1. The fourth-order valence-corrected chi connectivity index (χ4v) is 3.83. The van der Waals surface area contributed by atoms with Crippen molar-refractivity contribution in [1.82, 2.24) is 10.3 Å². The molecule has 1 aromatic carbocycles. The minimum absolute atomic E-state index is 0.0186. The second-order valence-electron chi connectivity index (χ2n) is 8.62.